The minimum absolute atomic E-state index is 0.690. The fraction of sp³-hybridized carbons (Fsp3) is 0.125. The van der Waals surface area contributed by atoms with E-state index in [1.54, 1.807) is 0 Å². The summed E-state index contributed by atoms with van der Waals surface area (Å²) < 4.78 is 0. The Morgan fingerprint density at radius 1 is 0.545 bits per heavy atom. The quantitative estimate of drug-likeness (QED) is 0.278. The summed E-state index contributed by atoms with van der Waals surface area (Å²) in [6, 6.07) is 40.0. The molecule has 1 heteroatoms. The molecule has 162 valence electrons. The fourth-order valence-corrected chi connectivity index (χ4v) is 7.25. The highest BCUT2D eigenvalue weighted by atomic mass is 31.1. The minimum Gasteiger partial charge on any atom is -0.0657 e. The summed E-state index contributed by atoms with van der Waals surface area (Å²) >= 11 is 0. The summed E-state index contributed by atoms with van der Waals surface area (Å²) in [5, 5.41) is 4.23. The molecule has 0 heterocycles. The Kier molecular flexibility index (Phi) is 6.12. The molecule has 4 aromatic carbocycles. The van der Waals surface area contributed by atoms with E-state index in [4.69, 9.17) is 0 Å². The van der Waals surface area contributed by atoms with Crippen LogP contribution in [0.1, 0.15) is 32.8 Å². The first-order valence-corrected chi connectivity index (χ1v) is 12.9. The maximum absolute atomic E-state index is 2.46. The van der Waals surface area contributed by atoms with Gasteiger partial charge in [-0.25, -0.2) is 0 Å². The molecule has 33 heavy (non-hydrogen) atoms. The molecule has 1 aliphatic carbocycles. The van der Waals surface area contributed by atoms with Gasteiger partial charge in [0.1, 0.15) is 0 Å². The van der Waals surface area contributed by atoms with E-state index in [0.717, 1.165) is 6.42 Å². The number of hydrogen-bond acceptors (Lipinski definition) is 0. The van der Waals surface area contributed by atoms with E-state index in [9.17, 15) is 0 Å². The third-order valence-corrected chi connectivity index (χ3v) is 9.28. The predicted molar refractivity (Wildman–Crippen MR) is 146 cm³/mol. The van der Waals surface area contributed by atoms with Crippen LogP contribution in [0.4, 0.5) is 0 Å². The average molecular weight is 445 g/mol. The second-order valence-corrected chi connectivity index (χ2v) is 11.0. The van der Waals surface area contributed by atoms with Crippen molar-refractivity contribution in [1.82, 2.24) is 0 Å². The Morgan fingerprint density at radius 3 is 1.61 bits per heavy atom. The van der Waals surface area contributed by atoms with E-state index in [1.165, 1.54) is 54.9 Å². The number of allylic oxidation sites excluding steroid dienone is 4. The highest BCUT2D eigenvalue weighted by Crippen LogP contribution is 2.43. The zero-order valence-corrected chi connectivity index (χ0v) is 20.4. The van der Waals surface area contributed by atoms with Gasteiger partial charge in [-0.1, -0.05) is 109 Å². The molecule has 0 saturated heterocycles. The van der Waals surface area contributed by atoms with Crippen molar-refractivity contribution < 1.29 is 0 Å². The largest absolute Gasteiger partial charge is 0.0657 e. The molecule has 0 radical (unpaired) electrons. The molecule has 4 aromatic rings. The van der Waals surface area contributed by atoms with Gasteiger partial charge in [-0.2, -0.15) is 0 Å². The van der Waals surface area contributed by atoms with Gasteiger partial charge in [0.15, 0.2) is 0 Å². The van der Waals surface area contributed by atoms with Gasteiger partial charge in [0, 0.05) is 0 Å². The first-order valence-electron chi connectivity index (χ1n) is 11.6. The summed E-state index contributed by atoms with van der Waals surface area (Å²) in [6.45, 7) is 6.84. The molecule has 0 aliphatic heterocycles. The van der Waals surface area contributed by atoms with Crippen LogP contribution in [0.5, 0.6) is 0 Å². The topological polar surface area (TPSA) is 0 Å². The maximum Gasteiger partial charge on any atom is -0.00551 e. The van der Waals surface area contributed by atoms with Crippen LogP contribution in [0, 0.1) is 0 Å². The Bertz CT molecular complexity index is 1290. The van der Waals surface area contributed by atoms with E-state index in [0.29, 0.717) is 0 Å². The van der Waals surface area contributed by atoms with Crippen molar-refractivity contribution in [3.63, 3.8) is 0 Å². The van der Waals surface area contributed by atoms with Gasteiger partial charge >= 0.3 is 0 Å². The Morgan fingerprint density at radius 2 is 1.09 bits per heavy atom. The Labute approximate surface area is 199 Å². The smallest absolute Gasteiger partial charge is 0.00551 e. The SMILES string of the molecule is CC1=C(C)C(C)=C(c2ccc(-c3ccccc3)cc2P(c2ccccc2)c2ccccc2)C1. The van der Waals surface area contributed by atoms with Gasteiger partial charge in [0.25, 0.3) is 0 Å². The zero-order chi connectivity index (χ0) is 22.8. The lowest BCUT2D eigenvalue weighted by atomic mass is 9.97. The number of rotatable bonds is 5. The molecular weight excluding hydrogens is 415 g/mol. The van der Waals surface area contributed by atoms with Crippen molar-refractivity contribution in [2.24, 2.45) is 0 Å². The molecule has 0 amide bonds. The van der Waals surface area contributed by atoms with Crippen molar-refractivity contribution in [2.45, 2.75) is 27.2 Å². The molecule has 0 spiro atoms. The van der Waals surface area contributed by atoms with Gasteiger partial charge in [0.05, 0.1) is 0 Å². The summed E-state index contributed by atoms with van der Waals surface area (Å²) in [5.74, 6) is 0. The van der Waals surface area contributed by atoms with Gasteiger partial charge in [-0.3, -0.25) is 0 Å². The minimum atomic E-state index is -0.690. The van der Waals surface area contributed by atoms with Crippen LogP contribution in [0.15, 0.2) is 126 Å². The Hall–Kier alpha value is -3.21. The van der Waals surface area contributed by atoms with Crippen LogP contribution in [0.2, 0.25) is 0 Å². The molecule has 5 rings (SSSR count). The zero-order valence-electron chi connectivity index (χ0n) is 19.5. The highest BCUT2D eigenvalue weighted by molar-refractivity contribution is 7.80. The lowest BCUT2D eigenvalue weighted by Crippen LogP contribution is -2.23. The van der Waals surface area contributed by atoms with Crippen LogP contribution >= 0.6 is 7.92 Å². The lowest BCUT2D eigenvalue weighted by molar-refractivity contribution is 1.22. The van der Waals surface area contributed by atoms with E-state index in [2.05, 4.69) is 130 Å². The summed E-state index contributed by atoms with van der Waals surface area (Å²) in [5.41, 5.74) is 9.82. The molecule has 0 bridgehead atoms. The van der Waals surface area contributed by atoms with Gasteiger partial charge < -0.3 is 0 Å². The van der Waals surface area contributed by atoms with Crippen molar-refractivity contribution in [1.29, 1.82) is 0 Å². The molecule has 0 aromatic heterocycles. The van der Waals surface area contributed by atoms with Crippen LogP contribution < -0.4 is 15.9 Å². The van der Waals surface area contributed by atoms with Crippen LogP contribution in [-0.2, 0) is 0 Å². The summed E-state index contributed by atoms with van der Waals surface area (Å²) in [4.78, 5) is 0. The van der Waals surface area contributed by atoms with Crippen LogP contribution in [0.25, 0.3) is 16.7 Å². The molecule has 0 fully saturated rings. The molecular formula is C32H29P. The first-order chi connectivity index (χ1) is 16.1. The van der Waals surface area contributed by atoms with Gasteiger partial charge in [-0.05, 0) is 90.5 Å². The summed E-state index contributed by atoms with van der Waals surface area (Å²) in [6.07, 6.45) is 1.04. The second-order valence-electron chi connectivity index (χ2n) is 8.79. The molecule has 0 unspecified atom stereocenters. The van der Waals surface area contributed by atoms with Crippen LogP contribution in [0.3, 0.4) is 0 Å². The van der Waals surface area contributed by atoms with Gasteiger partial charge in [-0.15, -0.1) is 0 Å². The van der Waals surface area contributed by atoms with E-state index >= 15 is 0 Å². The second kappa shape index (κ2) is 9.34. The Balaban J connectivity index is 1.77. The molecule has 0 atom stereocenters. The third kappa shape index (κ3) is 4.24. The predicted octanol–water partition coefficient (Wildman–Crippen LogP) is 7.63. The molecule has 0 saturated carbocycles. The third-order valence-electron chi connectivity index (χ3n) is 6.80. The lowest BCUT2D eigenvalue weighted by Gasteiger charge is -2.24. The monoisotopic (exact) mass is 444 g/mol. The molecule has 0 nitrogen and oxygen atoms in total. The van der Waals surface area contributed by atoms with Gasteiger partial charge in [0.2, 0.25) is 0 Å². The number of benzene rings is 4. The van der Waals surface area contributed by atoms with Crippen LogP contribution in [-0.4, -0.2) is 0 Å². The van der Waals surface area contributed by atoms with E-state index in [1.807, 2.05) is 0 Å². The van der Waals surface area contributed by atoms with E-state index in [-0.39, 0.29) is 0 Å². The summed E-state index contributed by atoms with van der Waals surface area (Å²) in [7, 11) is -0.690. The van der Waals surface area contributed by atoms with Crippen molar-refractivity contribution in [2.75, 3.05) is 0 Å². The van der Waals surface area contributed by atoms with Crippen molar-refractivity contribution in [3.8, 4) is 11.1 Å². The van der Waals surface area contributed by atoms with Crippen molar-refractivity contribution in [3.05, 3.63) is 131 Å². The standard InChI is InChI=1S/C32H29P/c1-23-21-31(25(3)24(23)2)30-20-19-27(26-13-7-4-8-14-26)22-32(30)33(28-15-9-5-10-16-28)29-17-11-6-12-18-29/h4-20,22H,21H2,1-3H3. The highest BCUT2D eigenvalue weighted by Gasteiger charge is 2.25. The normalized spacial score (nSPS) is 13.8. The number of hydrogen-bond donors (Lipinski definition) is 0. The first kappa shape index (κ1) is 21.6. The van der Waals surface area contributed by atoms with E-state index < -0.39 is 7.92 Å². The molecule has 0 N–H and O–H groups in total. The molecule has 1 aliphatic rings. The fourth-order valence-electron chi connectivity index (χ4n) is 4.74. The maximum atomic E-state index is 2.46. The van der Waals surface area contributed by atoms with Crippen molar-refractivity contribution >= 4 is 29.4 Å². The average Bonchev–Trinajstić information content (AvgIpc) is 3.13.